The van der Waals surface area contributed by atoms with Crippen LogP contribution in [-0.4, -0.2) is 29.2 Å². The molecule has 32 heavy (non-hydrogen) atoms. The molecule has 9 heteroatoms. The Morgan fingerprint density at radius 1 is 1.16 bits per heavy atom. The number of benzene rings is 2. The van der Waals surface area contributed by atoms with Crippen molar-refractivity contribution in [1.29, 1.82) is 0 Å². The van der Waals surface area contributed by atoms with Crippen molar-refractivity contribution in [2.24, 2.45) is 0 Å². The third-order valence-electron chi connectivity index (χ3n) is 4.74. The lowest BCUT2D eigenvalue weighted by Gasteiger charge is -2.23. The molecule has 0 bridgehead atoms. The Morgan fingerprint density at radius 3 is 2.50 bits per heavy atom. The fraction of sp³-hybridized carbons (Fsp3) is 0.174. The average Bonchev–Trinajstić information content (AvgIpc) is 2.78. The molecule has 0 saturated carbocycles. The molecule has 0 aliphatic carbocycles. The second kappa shape index (κ2) is 10.4. The number of halogens is 1. The smallest absolute Gasteiger partial charge is 0.330 e. The number of H-pyrrole nitrogens is 1. The average molecular weight is 438 g/mol. The number of carbonyl (C=O) groups excluding carboxylic acids is 1. The van der Waals surface area contributed by atoms with E-state index in [-0.39, 0.29) is 31.2 Å². The molecule has 8 nitrogen and oxygen atoms in total. The fourth-order valence-corrected chi connectivity index (χ4v) is 3.11. The molecule has 3 rings (SSSR count). The highest BCUT2D eigenvalue weighted by Gasteiger charge is 2.23. The van der Waals surface area contributed by atoms with Crippen LogP contribution in [0.2, 0.25) is 0 Å². The minimum atomic E-state index is -0.777. The molecule has 0 atom stereocenters. The minimum Gasteiger partial charge on any atom is -0.383 e. The Bertz CT molecular complexity index is 1220. The summed E-state index contributed by atoms with van der Waals surface area (Å²) >= 11 is 0. The highest BCUT2D eigenvalue weighted by Crippen LogP contribution is 2.20. The number of nitrogens with two attached hydrogens (primary N) is 1. The molecule has 0 fully saturated rings. The molecule has 0 aliphatic rings. The van der Waals surface area contributed by atoms with Gasteiger partial charge >= 0.3 is 5.69 Å². The topological polar surface area (TPSA) is 110 Å². The summed E-state index contributed by atoms with van der Waals surface area (Å²) in [4.78, 5) is 41.5. The first-order chi connectivity index (χ1) is 15.4. The first-order valence-corrected chi connectivity index (χ1v) is 9.81. The van der Waals surface area contributed by atoms with Gasteiger partial charge in [-0.1, -0.05) is 42.5 Å². The molecule has 0 unspecified atom stereocenters. The number of aromatic nitrogens is 2. The van der Waals surface area contributed by atoms with E-state index in [9.17, 15) is 18.8 Å². The SMILES string of the molecule is COCCn1c(N)c(N(Cc2ccccc2)C(=O)/C=C/c2ccc(F)cc2)c(=O)[nH]c1=O. The molecular weight excluding hydrogens is 415 g/mol. The highest BCUT2D eigenvalue weighted by atomic mass is 19.1. The Labute approximate surface area is 183 Å². The number of hydrogen-bond acceptors (Lipinski definition) is 5. The Balaban J connectivity index is 2.05. The van der Waals surface area contributed by atoms with Crippen molar-refractivity contribution in [3.8, 4) is 0 Å². The lowest BCUT2D eigenvalue weighted by atomic mass is 10.2. The van der Waals surface area contributed by atoms with Crippen molar-refractivity contribution in [1.82, 2.24) is 9.55 Å². The van der Waals surface area contributed by atoms with E-state index in [0.29, 0.717) is 5.56 Å². The molecule has 3 N–H and O–H groups in total. The molecule has 1 heterocycles. The number of methoxy groups -OCH3 is 1. The summed E-state index contributed by atoms with van der Waals surface area (Å²) in [6, 6.07) is 14.6. The molecule has 1 aromatic heterocycles. The zero-order valence-electron chi connectivity index (χ0n) is 17.5. The molecule has 0 saturated heterocycles. The molecule has 0 spiro atoms. The third-order valence-corrected chi connectivity index (χ3v) is 4.74. The van der Waals surface area contributed by atoms with Gasteiger partial charge in [0, 0.05) is 13.2 Å². The summed E-state index contributed by atoms with van der Waals surface area (Å²) in [6.45, 7) is 0.333. The number of nitrogens with zero attached hydrogens (tertiary/aromatic N) is 2. The largest absolute Gasteiger partial charge is 0.383 e. The van der Waals surface area contributed by atoms with Gasteiger partial charge < -0.3 is 10.5 Å². The Morgan fingerprint density at radius 2 is 1.84 bits per heavy atom. The van der Waals surface area contributed by atoms with E-state index in [1.54, 1.807) is 24.3 Å². The molecule has 166 valence electrons. The number of aromatic amines is 1. The maximum Gasteiger partial charge on any atom is 0.330 e. The lowest BCUT2D eigenvalue weighted by Crippen LogP contribution is -2.40. The minimum absolute atomic E-state index is 0.0448. The summed E-state index contributed by atoms with van der Waals surface area (Å²) in [5.41, 5.74) is 5.92. The van der Waals surface area contributed by atoms with Crippen LogP contribution in [0.5, 0.6) is 0 Å². The number of nitrogen functional groups attached to an aromatic ring is 1. The maximum absolute atomic E-state index is 13.1. The summed E-state index contributed by atoms with van der Waals surface area (Å²) in [5, 5.41) is 0. The van der Waals surface area contributed by atoms with Gasteiger partial charge in [-0.2, -0.15) is 0 Å². The van der Waals surface area contributed by atoms with Crippen molar-refractivity contribution < 1.29 is 13.9 Å². The number of ether oxygens (including phenoxy) is 1. The van der Waals surface area contributed by atoms with Crippen molar-refractivity contribution >= 4 is 23.5 Å². The van der Waals surface area contributed by atoms with Crippen molar-refractivity contribution in [3.05, 3.63) is 98.5 Å². The Hall–Kier alpha value is -3.98. The van der Waals surface area contributed by atoms with Gasteiger partial charge in [0.25, 0.3) is 11.5 Å². The van der Waals surface area contributed by atoms with Gasteiger partial charge in [-0.3, -0.25) is 24.0 Å². The van der Waals surface area contributed by atoms with Gasteiger partial charge in [-0.15, -0.1) is 0 Å². The van der Waals surface area contributed by atoms with Gasteiger partial charge in [0.1, 0.15) is 11.6 Å². The summed E-state index contributed by atoms with van der Waals surface area (Å²) in [6.07, 6.45) is 2.77. The first-order valence-electron chi connectivity index (χ1n) is 9.81. The van der Waals surface area contributed by atoms with Crippen LogP contribution in [0.15, 0.2) is 70.3 Å². The Kier molecular flexibility index (Phi) is 7.35. The predicted molar refractivity (Wildman–Crippen MR) is 121 cm³/mol. The second-order valence-corrected chi connectivity index (χ2v) is 6.93. The van der Waals surface area contributed by atoms with Gasteiger partial charge in [0.05, 0.1) is 19.7 Å². The normalized spacial score (nSPS) is 11.1. The van der Waals surface area contributed by atoms with E-state index < -0.39 is 23.0 Å². The zero-order valence-corrected chi connectivity index (χ0v) is 17.5. The van der Waals surface area contributed by atoms with E-state index in [0.717, 1.165) is 10.1 Å². The highest BCUT2D eigenvalue weighted by molar-refractivity contribution is 6.05. The molecule has 3 aromatic rings. The summed E-state index contributed by atoms with van der Waals surface area (Å²) in [5.74, 6) is -1.07. The first kappa shape index (κ1) is 22.7. The van der Waals surface area contributed by atoms with Crippen LogP contribution in [0.25, 0.3) is 6.08 Å². The van der Waals surface area contributed by atoms with Crippen LogP contribution >= 0.6 is 0 Å². The van der Waals surface area contributed by atoms with Gasteiger partial charge in [0.2, 0.25) is 0 Å². The van der Waals surface area contributed by atoms with Crippen LogP contribution in [0, 0.1) is 5.82 Å². The lowest BCUT2D eigenvalue weighted by molar-refractivity contribution is -0.114. The van der Waals surface area contributed by atoms with Crippen LogP contribution in [0.3, 0.4) is 0 Å². The predicted octanol–water partition coefficient (Wildman–Crippen LogP) is 2.15. The molecule has 1 amide bonds. The number of amides is 1. The quantitative estimate of drug-likeness (QED) is 0.524. The summed E-state index contributed by atoms with van der Waals surface area (Å²) in [7, 11) is 1.47. The van der Waals surface area contributed by atoms with Crippen LogP contribution in [-0.2, 0) is 22.6 Å². The molecule has 0 radical (unpaired) electrons. The summed E-state index contributed by atoms with van der Waals surface area (Å²) < 4.78 is 19.3. The van der Waals surface area contributed by atoms with E-state index in [1.165, 1.54) is 48.4 Å². The monoisotopic (exact) mass is 438 g/mol. The van der Waals surface area contributed by atoms with Crippen LogP contribution in [0.4, 0.5) is 15.9 Å². The van der Waals surface area contributed by atoms with E-state index in [2.05, 4.69) is 4.98 Å². The molecule has 2 aromatic carbocycles. The van der Waals surface area contributed by atoms with Crippen LogP contribution < -0.4 is 21.9 Å². The van der Waals surface area contributed by atoms with E-state index in [4.69, 9.17) is 10.5 Å². The molecule has 0 aliphatic heterocycles. The zero-order chi connectivity index (χ0) is 23.1. The van der Waals surface area contributed by atoms with E-state index >= 15 is 0 Å². The number of carbonyl (C=O) groups is 1. The molecular formula is C23H23FN4O4. The van der Waals surface area contributed by atoms with Crippen LogP contribution in [0.1, 0.15) is 11.1 Å². The standard InChI is InChI=1S/C23H23FN4O4/c1-32-14-13-27-21(25)20(22(30)26-23(27)31)28(15-17-5-3-2-4-6-17)19(29)12-9-16-7-10-18(24)11-8-16/h2-12H,13-15,25H2,1H3,(H,26,30,31)/b12-9+. The van der Waals surface area contributed by atoms with Gasteiger partial charge in [0.15, 0.2) is 5.69 Å². The van der Waals surface area contributed by atoms with E-state index in [1.807, 2.05) is 6.07 Å². The number of nitrogens with one attached hydrogen (secondary N) is 1. The third kappa shape index (κ3) is 5.38. The van der Waals surface area contributed by atoms with Gasteiger partial charge in [-0.05, 0) is 29.3 Å². The van der Waals surface area contributed by atoms with Crippen molar-refractivity contribution in [2.45, 2.75) is 13.1 Å². The van der Waals surface area contributed by atoms with Crippen molar-refractivity contribution in [2.75, 3.05) is 24.4 Å². The van der Waals surface area contributed by atoms with Crippen molar-refractivity contribution in [3.63, 3.8) is 0 Å². The maximum atomic E-state index is 13.1. The fourth-order valence-electron chi connectivity index (χ4n) is 3.11. The number of hydrogen-bond donors (Lipinski definition) is 2. The number of anilines is 2. The second-order valence-electron chi connectivity index (χ2n) is 6.93. The number of rotatable bonds is 8. The van der Waals surface area contributed by atoms with Gasteiger partial charge in [-0.25, -0.2) is 9.18 Å².